The molecule has 0 unspecified atom stereocenters. The molecule has 0 heterocycles. The van der Waals surface area contributed by atoms with Gasteiger partial charge in [0.15, 0.2) is 0 Å². The second kappa shape index (κ2) is 9.53. The van der Waals surface area contributed by atoms with Gasteiger partial charge in [-0.05, 0) is 48.9 Å². The van der Waals surface area contributed by atoms with E-state index in [4.69, 9.17) is 0 Å². The lowest BCUT2D eigenvalue weighted by Crippen LogP contribution is -2.94. The average Bonchev–Trinajstić information content (AvgIpc) is 2.59. The molecular formula is C19H22FN3O3. The van der Waals surface area contributed by atoms with Crippen LogP contribution in [0.3, 0.4) is 0 Å². The van der Waals surface area contributed by atoms with E-state index in [0.717, 1.165) is 11.3 Å². The summed E-state index contributed by atoms with van der Waals surface area (Å²) >= 11 is 0. The molecule has 2 aromatic carbocycles. The Balaban J connectivity index is 1.77. The molecule has 0 aromatic heterocycles. The first-order chi connectivity index (χ1) is 12.4. The number of nitrogens with one attached hydrogen (secondary N) is 2. The summed E-state index contributed by atoms with van der Waals surface area (Å²) < 4.78 is 12.8. The van der Waals surface area contributed by atoms with Crippen LogP contribution in [0.25, 0.3) is 0 Å². The summed E-state index contributed by atoms with van der Waals surface area (Å²) in [5.74, 6) is -2.17. The van der Waals surface area contributed by atoms with Crippen molar-refractivity contribution in [2.45, 2.75) is 19.4 Å². The Morgan fingerprint density at radius 3 is 2.54 bits per heavy atom. The molecule has 0 saturated heterocycles. The summed E-state index contributed by atoms with van der Waals surface area (Å²) in [7, 11) is 0. The molecule has 2 rings (SSSR count). The molecule has 138 valence electrons. The number of amides is 1. The predicted octanol–water partition coefficient (Wildman–Crippen LogP) is 0.257. The number of carbonyl (C=O) groups is 2. The molecule has 26 heavy (non-hydrogen) atoms. The monoisotopic (exact) mass is 359 g/mol. The molecule has 1 amide bonds. The van der Waals surface area contributed by atoms with Crippen molar-refractivity contribution in [1.29, 1.82) is 0 Å². The summed E-state index contributed by atoms with van der Waals surface area (Å²) in [4.78, 5) is 23.2. The molecule has 0 fully saturated rings. The Hall–Kier alpha value is -2.93. The molecule has 1 atom stereocenters. The molecule has 0 saturated carbocycles. The average molecular weight is 359 g/mol. The van der Waals surface area contributed by atoms with E-state index in [1.54, 1.807) is 5.32 Å². The van der Waals surface area contributed by atoms with Crippen molar-refractivity contribution in [3.05, 3.63) is 59.9 Å². The summed E-state index contributed by atoms with van der Waals surface area (Å²) in [5, 5.41) is 18.5. The van der Waals surface area contributed by atoms with Crippen LogP contribution in [0.2, 0.25) is 0 Å². The van der Waals surface area contributed by atoms with Crippen LogP contribution in [0.5, 0.6) is 0 Å². The minimum Gasteiger partial charge on any atom is -0.544 e. The van der Waals surface area contributed by atoms with Crippen LogP contribution >= 0.6 is 0 Å². The van der Waals surface area contributed by atoms with Gasteiger partial charge in [-0.15, -0.1) is 0 Å². The second-order valence-corrected chi connectivity index (χ2v) is 6.01. The van der Waals surface area contributed by atoms with Crippen LogP contribution in [-0.4, -0.2) is 31.0 Å². The third-order valence-corrected chi connectivity index (χ3v) is 3.78. The molecular weight excluding hydrogens is 337 g/mol. The third kappa shape index (κ3) is 6.52. The highest BCUT2D eigenvalue weighted by molar-refractivity contribution is 5.93. The number of aliphatic carboxylic acids is 1. The number of anilines is 2. The Labute approximate surface area is 151 Å². The lowest BCUT2D eigenvalue weighted by atomic mass is 10.2. The number of carbonyl (C=O) groups excluding carboxylic acids is 2. The van der Waals surface area contributed by atoms with E-state index in [0.29, 0.717) is 18.8 Å². The van der Waals surface area contributed by atoms with Crippen LogP contribution < -0.4 is 21.1 Å². The summed E-state index contributed by atoms with van der Waals surface area (Å²) in [6, 6.07) is 12.1. The van der Waals surface area contributed by atoms with E-state index in [1.807, 2.05) is 31.2 Å². The van der Waals surface area contributed by atoms with Crippen molar-refractivity contribution in [3.63, 3.8) is 0 Å². The molecule has 6 nitrogen and oxygen atoms in total. The number of quaternary nitrogens is 1. The maximum absolute atomic E-state index is 12.8. The van der Waals surface area contributed by atoms with Crippen LogP contribution in [0.4, 0.5) is 15.8 Å². The lowest BCUT2D eigenvalue weighted by molar-refractivity contribution is -0.680. The van der Waals surface area contributed by atoms with Gasteiger partial charge < -0.3 is 25.9 Å². The Bertz CT molecular complexity index is 750. The van der Waals surface area contributed by atoms with Crippen LogP contribution in [0.15, 0.2) is 48.5 Å². The highest BCUT2D eigenvalue weighted by Crippen LogP contribution is 2.09. The van der Waals surface area contributed by atoms with Crippen molar-refractivity contribution in [2.75, 3.05) is 23.7 Å². The SMILES string of the molecule is Cc1cccc(NCC[NH2+][C@H](CC(=O)Nc2ccc(F)cc2)C(=O)[O-])c1. The zero-order chi connectivity index (χ0) is 18.9. The first-order valence-electron chi connectivity index (χ1n) is 8.34. The zero-order valence-electron chi connectivity index (χ0n) is 14.5. The number of rotatable bonds is 9. The number of halogens is 1. The van der Waals surface area contributed by atoms with Gasteiger partial charge in [0.2, 0.25) is 5.91 Å². The summed E-state index contributed by atoms with van der Waals surface area (Å²) in [6.45, 7) is 3.01. The molecule has 0 radical (unpaired) electrons. The van der Waals surface area contributed by atoms with E-state index in [9.17, 15) is 19.1 Å². The lowest BCUT2D eigenvalue weighted by Gasteiger charge is -2.17. The quantitative estimate of drug-likeness (QED) is 0.559. The number of hydrogen-bond acceptors (Lipinski definition) is 4. The third-order valence-electron chi connectivity index (χ3n) is 3.78. The van der Waals surface area contributed by atoms with E-state index in [-0.39, 0.29) is 6.42 Å². The van der Waals surface area contributed by atoms with E-state index >= 15 is 0 Å². The summed E-state index contributed by atoms with van der Waals surface area (Å²) in [5.41, 5.74) is 2.50. The number of nitrogens with two attached hydrogens (primary N) is 1. The number of benzene rings is 2. The second-order valence-electron chi connectivity index (χ2n) is 6.01. The van der Waals surface area contributed by atoms with Gasteiger partial charge in [0.05, 0.1) is 25.5 Å². The summed E-state index contributed by atoms with van der Waals surface area (Å²) in [6.07, 6.45) is -0.232. The fourth-order valence-electron chi connectivity index (χ4n) is 2.46. The molecule has 7 heteroatoms. The van der Waals surface area contributed by atoms with E-state index < -0.39 is 23.7 Å². The zero-order valence-corrected chi connectivity index (χ0v) is 14.5. The number of hydrogen-bond donors (Lipinski definition) is 3. The first-order valence-corrected chi connectivity index (χ1v) is 8.34. The molecule has 4 N–H and O–H groups in total. The van der Waals surface area contributed by atoms with Gasteiger partial charge in [-0.25, -0.2) is 4.39 Å². The smallest absolute Gasteiger partial charge is 0.230 e. The van der Waals surface area contributed by atoms with Gasteiger partial charge in [0, 0.05) is 11.4 Å². The molecule has 0 aliphatic carbocycles. The van der Waals surface area contributed by atoms with Gasteiger partial charge >= 0.3 is 0 Å². The van der Waals surface area contributed by atoms with Crippen molar-refractivity contribution < 1.29 is 24.4 Å². The van der Waals surface area contributed by atoms with E-state index in [1.165, 1.54) is 24.3 Å². The first kappa shape index (κ1) is 19.4. The van der Waals surface area contributed by atoms with Gasteiger partial charge in [-0.2, -0.15) is 0 Å². The van der Waals surface area contributed by atoms with Gasteiger partial charge in [-0.1, -0.05) is 12.1 Å². The predicted molar refractivity (Wildman–Crippen MR) is 94.9 cm³/mol. The highest BCUT2D eigenvalue weighted by Gasteiger charge is 2.18. The number of aryl methyl sites for hydroxylation is 1. The Morgan fingerprint density at radius 1 is 1.15 bits per heavy atom. The van der Waals surface area contributed by atoms with Crippen LogP contribution in [0, 0.1) is 12.7 Å². The minimum absolute atomic E-state index is 0.232. The Morgan fingerprint density at radius 2 is 1.88 bits per heavy atom. The maximum atomic E-state index is 12.8. The van der Waals surface area contributed by atoms with Crippen LogP contribution in [-0.2, 0) is 9.59 Å². The van der Waals surface area contributed by atoms with Crippen molar-refractivity contribution in [3.8, 4) is 0 Å². The fourth-order valence-corrected chi connectivity index (χ4v) is 2.46. The largest absolute Gasteiger partial charge is 0.544 e. The minimum atomic E-state index is -1.30. The molecule has 0 bridgehead atoms. The molecule has 0 aliphatic heterocycles. The van der Waals surface area contributed by atoms with Gasteiger partial charge in [0.25, 0.3) is 0 Å². The van der Waals surface area contributed by atoms with Crippen LogP contribution in [0.1, 0.15) is 12.0 Å². The number of carboxylic acids is 1. The molecule has 0 spiro atoms. The van der Waals surface area contributed by atoms with Crippen molar-refractivity contribution in [1.82, 2.24) is 0 Å². The Kier molecular flexibility index (Phi) is 7.11. The maximum Gasteiger partial charge on any atom is 0.230 e. The highest BCUT2D eigenvalue weighted by atomic mass is 19.1. The molecule has 2 aromatic rings. The standard InChI is InChI=1S/C19H22FN3O3/c1-13-3-2-4-16(11-13)21-9-10-22-17(19(25)26)12-18(24)23-15-7-5-14(20)6-8-15/h2-8,11,17,21-22H,9-10,12H2,1H3,(H,23,24)(H,25,26)/t17-/m1/s1. The van der Waals surface area contributed by atoms with Crippen molar-refractivity contribution >= 4 is 23.3 Å². The van der Waals surface area contributed by atoms with Gasteiger partial charge in [-0.3, -0.25) is 4.79 Å². The van der Waals surface area contributed by atoms with Gasteiger partial charge in [0.1, 0.15) is 11.9 Å². The molecule has 0 aliphatic rings. The van der Waals surface area contributed by atoms with E-state index in [2.05, 4.69) is 10.6 Å². The topological polar surface area (TPSA) is 97.9 Å². The normalized spacial score (nSPS) is 11.6. The fraction of sp³-hybridized carbons (Fsp3) is 0.263. The van der Waals surface area contributed by atoms with Crippen molar-refractivity contribution in [2.24, 2.45) is 0 Å². The number of carboxylic acid groups (broad SMARTS) is 1.